The molecule has 0 amide bonds. The van der Waals surface area contributed by atoms with Gasteiger partial charge in [0.1, 0.15) is 11.6 Å². The van der Waals surface area contributed by atoms with Gasteiger partial charge in [-0.1, -0.05) is 29.8 Å². The Balaban J connectivity index is 2.73. The number of halogens is 2. The average Bonchev–Trinajstić information content (AvgIpc) is 2.23. The summed E-state index contributed by atoms with van der Waals surface area (Å²) in [5.74, 6) is 0.0535. The molecule has 0 aliphatic carbocycles. The molecule has 4 heteroatoms. The fraction of sp³-hybridized carbons (Fsp3) is 0.500. The van der Waals surface area contributed by atoms with Crippen molar-refractivity contribution in [3.63, 3.8) is 0 Å². The van der Waals surface area contributed by atoms with Crippen molar-refractivity contribution in [3.05, 3.63) is 34.1 Å². The van der Waals surface area contributed by atoms with E-state index in [0.29, 0.717) is 22.5 Å². The first-order valence-corrected chi connectivity index (χ1v) is 6.89. The van der Waals surface area contributed by atoms with Crippen LogP contribution in [0.4, 0.5) is 4.39 Å². The monoisotopic (exact) mass is 315 g/mol. The number of carbonyl (C=O) groups is 1. The lowest BCUT2D eigenvalue weighted by atomic mass is 9.90. The van der Waals surface area contributed by atoms with E-state index in [4.69, 9.17) is 5.73 Å². The van der Waals surface area contributed by atoms with E-state index < -0.39 is 0 Å². The van der Waals surface area contributed by atoms with Crippen molar-refractivity contribution < 1.29 is 9.18 Å². The highest BCUT2D eigenvalue weighted by Gasteiger charge is 2.18. The van der Waals surface area contributed by atoms with E-state index in [1.165, 1.54) is 12.1 Å². The third kappa shape index (κ3) is 4.86. The van der Waals surface area contributed by atoms with E-state index in [-0.39, 0.29) is 23.9 Å². The largest absolute Gasteiger partial charge is 0.330 e. The summed E-state index contributed by atoms with van der Waals surface area (Å²) >= 11 is 3.22. The number of benzene rings is 1. The van der Waals surface area contributed by atoms with Crippen LogP contribution in [0.2, 0.25) is 0 Å². The van der Waals surface area contributed by atoms with Crippen molar-refractivity contribution in [1.29, 1.82) is 0 Å². The molecule has 1 aromatic carbocycles. The van der Waals surface area contributed by atoms with Crippen LogP contribution in [0.1, 0.15) is 25.8 Å². The van der Waals surface area contributed by atoms with Crippen LogP contribution in [-0.2, 0) is 11.2 Å². The van der Waals surface area contributed by atoms with Crippen molar-refractivity contribution in [1.82, 2.24) is 0 Å². The Bertz CT molecular complexity index is 400. The molecule has 0 spiro atoms. The molecule has 0 saturated carbocycles. The maximum atomic E-state index is 13.2. The summed E-state index contributed by atoms with van der Waals surface area (Å²) in [6.07, 6.45) is 1.02. The van der Waals surface area contributed by atoms with Gasteiger partial charge < -0.3 is 5.73 Å². The molecular weight excluding hydrogens is 297 g/mol. The Morgan fingerprint density at radius 1 is 1.39 bits per heavy atom. The van der Waals surface area contributed by atoms with Crippen LogP contribution in [0.15, 0.2) is 22.7 Å². The molecule has 2 N–H and O–H groups in total. The SMILES string of the molecule is CC(C)CC(CN)C(=O)Cc1cc(F)cc(Br)c1. The lowest BCUT2D eigenvalue weighted by Crippen LogP contribution is -2.26. The first-order chi connectivity index (χ1) is 8.42. The van der Waals surface area contributed by atoms with Crippen molar-refractivity contribution in [2.75, 3.05) is 6.54 Å². The van der Waals surface area contributed by atoms with Gasteiger partial charge in [0.25, 0.3) is 0 Å². The van der Waals surface area contributed by atoms with Gasteiger partial charge in [0.05, 0.1) is 0 Å². The Labute approximate surface area is 116 Å². The van der Waals surface area contributed by atoms with Crippen LogP contribution in [0.3, 0.4) is 0 Å². The lowest BCUT2D eigenvalue weighted by molar-refractivity contribution is -0.122. The van der Waals surface area contributed by atoms with Gasteiger partial charge in [-0.2, -0.15) is 0 Å². The molecule has 0 heterocycles. The van der Waals surface area contributed by atoms with Gasteiger partial charge in [-0.05, 0) is 36.1 Å². The molecule has 0 bridgehead atoms. The van der Waals surface area contributed by atoms with Crippen molar-refractivity contribution >= 4 is 21.7 Å². The minimum Gasteiger partial charge on any atom is -0.330 e. The highest BCUT2D eigenvalue weighted by molar-refractivity contribution is 9.10. The van der Waals surface area contributed by atoms with E-state index in [9.17, 15) is 9.18 Å². The number of ketones is 1. The molecule has 1 unspecified atom stereocenters. The zero-order valence-corrected chi connectivity index (χ0v) is 12.3. The fourth-order valence-corrected chi connectivity index (χ4v) is 2.50. The second-order valence-electron chi connectivity index (χ2n) is 4.98. The molecule has 1 rings (SSSR count). The molecule has 1 aromatic rings. The van der Waals surface area contributed by atoms with E-state index in [0.717, 1.165) is 6.42 Å². The van der Waals surface area contributed by atoms with Crippen molar-refractivity contribution in [2.45, 2.75) is 26.7 Å². The lowest BCUT2D eigenvalue weighted by Gasteiger charge is -2.15. The number of rotatable bonds is 6. The number of nitrogens with two attached hydrogens (primary N) is 1. The number of hydrogen-bond acceptors (Lipinski definition) is 2. The molecule has 0 aliphatic rings. The van der Waals surface area contributed by atoms with Crippen LogP contribution < -0.4 is 5.73 Å². The molecule has 0 aliphatic heterocycles. The molecule has 0 radical (unpaired) electrons. The number of hydrogen-bond donors (Lipinski definition) is 1. The van der Waals surface area contributed by atoms with Crippen molar-refractivity contribution in [2.24, 2.45) is 17.6 Å². The van der Waals surface area contributed by atoms with Gasteiger partial charge in [-0.3, -0.25) is 4.79 Å². The molecule has 0 fully saturated rings. The minimum atomic E-state index is -0.333. The first-order valence-electron chi connectivity index (χ1n) is 6.10. The molecule has 2 nitrogen and oxygen atoms in total. The quantitative estimate of drug-likeness (QED) is 0.875. The summed E-state index contributed by atoms with van der Waals surface area (Å²) in [7, 11) is 0. The minimum absolute atomic E-state index is 0.0868. The van der Waals surface area contributed by atoms with E-state index >= 15 is 0 Å². The maximum absolute atomic E-state index is 13.2. The Hall–Kier alpha value is -0.740. The van der Waals surface area contributed by atoms with Gasteiger partial charge in [0.2, 0.25) is 0 Å². The summed E-state index contributed by atoms with van der Waals surface area (Å²) in [5.41, 5.74) is 6.32. The summed E-state index contributed by atoms with van der Waals surface area (Å²) in [5, 5.41) is 0. The third-order valence-electron chi connectivity index (χ3n) is 2.80. The van der Waals surface area contributed by atoms with E-state index in [2.05, 4.69) is 29.8 Å². The average molecular weight is 316 g/mol. The first kappa shape index (κ1) is 15.3. The highest BCUT2D eigenvalue weighted by atomic mass is 79.9. The third-order valence-corrected chi connectivity index (χ3v) is 3.25. The van der Waals surface area contributed by atoms with Gasteiger partial charge >= 0.3 is 0 Å². The molecular formula is C14H19BrFNO. The molecule has 0 aromatic heterocycles. The Morgan fingerprint density at radius 3 is 2.56 bits per heavy atom. The summed E-state index contributed by atoms with van der Waals surface area (Å²) in [4.78, 5) is 12.1. The smallest absolute Gasteiger partial charge is 0.141 e. The van der Waals surface area contributed by atoms with Gasteiger partial charge in [-0.25, -0.2) is 4.39 Å². The van der Waals surface area contributed by atoms with Gasteiger partial charge in [0.15, 0.2) is 0 Å². The van der Waals surface area contributed by atoms with Crippen LogP contribution in [0.5, 0.6) is 0 Å². The van der Waals surface area contributed by atoms with Crippen LogP contribution >= 0.6 is 15.9 Å². The second kappa shape index (κ2) is 7.00. The summed E-state index contributed by atoms with van der Waals surface area (Å²) in [6.45, 7) is 4.48. The number of carbonyl (C=O) groups excluding carboxylic acids is 1. The van der Waals surface area contributed by atoms with Crippen molar-refractivity contribution in [3.8, 4) is 0 Å². The molecule has 18 heavy (non-hydrogen) atoms. The molecule has 0 saturated heterocycles. The van der Waals surface area contributed by atoms with Gasteiger partial charge in [-0.15, -0.1) is 0 Å². The molecule has 1 atom stereocenters. The predicted octanol–water partition coefficient (Wildman–Crippen LogP) is 3.32. The fourth-order valence-electron chi connectivity index (χ4n) is 1.99. The second-order valence-corrected chi connectivity index (χ2v) is 5.90. The predicted molar refractivity (Wildman–Crippen MR) is 74.8 cm³/mol. The number of Topliss-reactive ketones (excluding diaryl/α,β-unsaturated/α-hetero) is 1. The maximum Gasteiger partial charge on any atom is 0.141 e. The van der Waals surface area contributed by atoms with Gasteiger partial charge in [0, 0.05) is 23.4 Å². The van der Waals surface area contributed by atoms with E-state index in [1.54, 1.807) is 6.07 Å². The van der Waals surface area contributed by atoms with E-state index in [1.807, 2.05) is 0 Å². The standard InChI is InChI=1S/C14H19BrFNO/c1-9(2)3-11(8-17)14(18)6-10-4-12(15)7-13(16)5-10/h4-5,7,9,11H,3,6,8,17H2,1-2H3. The normalized spacial score (nSPS) is 12.8. The Kier molecular flexibility index (Phi) is 5.96. The van der Waals surface area contributed by atoms with Crippen LogP contribution in [0.25, 0.3) is 0 Å². The Morgan fingerprint density at radius 2 is 2.06 bits per heavy atom. The topological polar surface area (TPSA) is 43.1 Å². The zero-order chi connectivity index (χ0) is 13.7. The molecule has 100 valence electrons. The van der Waals surface area contributed by atoms with Crippen LogP contribution in [-0.4, -0.2) is 12.3 Å². The van der Waals surface area contributed by atoms with Crippen LogP contribution in [0, 0.1) is 17.7 Å². The highest BCUT2D eigenvalue weighted by Crippen LogP contribution is 2.18. The zero-order valence-electron chi connectivity index (χ0n) is 10.7. The summed E-state index contributed by atoms with van der Waals surface area (Å²) in [6, 6.07) is 4.54. The summed E-state index contributed by atoms with van der Waals surface area (Å²) < 4.78 is 13.9.